The summed E-state index contributed by atoms with van der Waals surface area (Å²) < 4.78 is 6.16. The summed E-state index contributed by atoms with van der Waals surface area (Å²) in [5.41, 5.74) is 0.641. The van der Waals surface area contributed by atoms with Gasteiger partial charge in [-0.15, -0.1) is 0 Å². The molecule has 1 saturated carbocycles. The van der Waals surface area contributed by atoms with E-state index in [0.717, 1.165) is 28.6 Å². The highest BCUT2D eigenvalue weighted by Crippen LogP contribution is 2.43. The van der Waals surface area contributed by atoms with Gasteiger partial charge >= 0.3 is 0 Å². The van der Waals surface area contributed by atoms with Crippen molar-refractivity contribution in [3.8, 4) is 5.75 Å². The van der Waals surface area contributed by atoms with E-state index in [9.17, 15) is 5.11 Å². The van der Waals surface area contributed by atoms with E-state index in [1.807, 2.05) is 18.2 Å². The van der Waals surface area contributed by atoms with E-state index in [1.165, 1.54) is 12.8 Å². The molecule has 3 heteroatoms. The first-order chi connectivity index (χ1) is 8.09. The molecule has 2 rings (SSSR count). The Kier molecular flexibility index (Phi) is 3.79. The van der Waals surface area contributed by atoms with Crippen molar-refractivity contribution in [1.29, 1.82) is 0 Å². The predicted molar refractivity (Wildman–Crippen MR) is 72.4 cm³/mol. The third kappa shape index (κ3) is 2.83. The van der Waals surface area contributed by atoms with E-state index in [0.29, 0.717) is 5.92 Å². The molecule has 0 aliphatic heterocycles. The lowest BCUT2D eigenvalue weighted by Gasteiger charge is -2.27. The molecular formula is C14H19BrO2. The van der Waals surface area contributed by atoms with Gasteiger partial charge in [-0.2, -0.15) is 0 Å². The summed E-state index contributed by atoms with van der Waals surface area (Å²) in [7, 11) is 1.66. The van der Waals surface area contributed by atoms with Crippen LogP contribution in [0.3, 0.4) is 0 Å². The number of benzene rings is 1. The smallest absolute Gasteiger partial charge is 0.133 e. The third-order valence-electron chi connectivity index (χ3n) is 3.68. The molecule has 0 amide bonds. The first kappa shape index (κ1) is 12.9. The van der Waals surface area contributed by atoms with Crippen molar-refractivity contribution in [2.75, 3.05) is 7.11 Å². The summed E-state index contributed by atoms with van der Waals surface area (Å²) in [6.45, 7) is 2.07. The van der Waals surface area contributed by atoms with Crippen LogP contribution in [0, 0.1) is 5.92 Å². The van der Waals surface area contributed by atoms with Gasteiger partial charge < -0.3 is 9.84 Å². The highest BCUT2D eigenvalue weighted by Gasteiger charge is 2.42. The number of halogens is 1. The van der Waals surface area contributed by atoms with E-state index < -0.39 is 5.60 Å². The summed E-state index contributed by atoms with van der Waals surface area (Å²) in [4.78, 5) is 0. The van der Waals surface area contributed by atoms with Crippen molar-refractivity contribution in [1.82, 2.24) is 0 Å². The molecule has 0 radical (unpaired) electrons. The number of hydrogen-bond acceptors (Lipinski definition) is 2. The number of hydrogen-bond donors (Lipinski definition) is 1. The van der Waals surface area contributed by atoms with Gasteiger partial charge in [0, 0.05) is 6.42 Å². The minimum atomic E-state index is -0.520. The Bertz CT molecular complexity index is 401. The van der Waals surface area contributed by atoms with E-state index in [1.54, 1.807) is 7.11 Å². The molecule has 1 aliphatic carbocycles. The minimum Gasteiger partial charge on any atom is -0.496 e. The Morgan fingerprint density at radius 2 is 2.18 bits per heavy atom. The maximum Gasteiger partial charge on any atom is 0.133 e. The Labute approximate surface area is 111 Å². The van der Waals surface area contributed by atoms with Crippen LogP contribution in [0.15, 0.2) is 22.7 Å². The second kappa shape index (κ2) is 4.99. The van der Waals surface area contributed by atoms with Crippen LogP contribution in [0.25, 0.3) is 0 Å². The first-order valence-corrected chi connectivity index (χ1v) is 6.93. The summed E-state index contributed by atoms with van der Waals surface area (Å²) in [6.07, 6.45) is 3.89. The third-order valence-corrected chi connectivity index (χ3v) is 4.30. The summed E-state index contributed by atoms with van der Waals surface area (Å²) in [5, 5.41) is 10.6. The molecule has 1 fully saturated rings. The average molecular weight is 299 g/mol. The van der Waals surface area contributed by atoms with Crippen LogP contribution in [0.5, 0.6) is 5.75 Å². The molecule has 0 spiro atoms. The van der Waals surface area contributed by atoms with Crippen LogP contribution in [0.1, 0.15) is 31.7 Å². The average Bonchev–Trinajstić information content (AvgIpc) is 3.13. The molecule has 0 heterocycles. The van der Waals surface area contributed by atoms with Crippen LogP contribution >= 0.6 is 15.9 Å². The van der Waals surface area contributed by atoms with Gasteiger partial charge in [-0.3, -0.25) is 0 Å². The Morgan fingerprint density at radius 1 is 1.47 bits per heavy atom. The Hall–Kier alpha value is -0.540. The highest BCUT2D eigenvalue weighted by atomic mass is 79.9. The summed E-state index contributed by atoms with van der Waals surface area (Å²) >= 11 is 3.48. The molecule has 1 unspecified atom stereocenters. The van der Waals surface area contributed by atoms with E-state index in [-0.39, 0.29) is 0 Å². The van der Waals surface area contributed by atoms with Crippen molar-refractivity contribution in [2.45, 2.75) is 38.2 Å². The van der Waals surface area contributed by atoms with Crippen molar-refractivity contribution in [3.05, 3.63) is 28.2 Å². The fraction of sp³-hybridized carbons (Fsp3) is 0.571. The van der Waals surface area contributed by atoms with Crippen molar-refractivity contribution in [2.24, 2.45) is 5.92 Å². The van der Waals surface area contributed by atoms with Crippen molar-refractivity contribution < 1.29 is 9.84 Å². The number of rotatable bonds is 5. The van der Waals surface area contributed by atoms with Crippen LogP contribution in [0.2, 0.25) is 0 Å². The van der Waals surface area contributed by atoms with Crippen LogP contribution in [0.4, 0.5) is 0 Å². The first-order valence-electron chi connectivity index (χ1n) is 6.14. The van der Waals surface area contributed by atoms with Crippen LogP contribution in [-0.2, 0) is 6.42 Å². The Morgan fingerprint density at radius 3 is 2.65 bits per heavy atom. The lowest BCUT2D eigenvalue weighted by molar-refractivity contribution is 0.0139. The molecule has 94 valence electrons. The molecule has 2 nitrogen and oxygen atoms in total. The number of aliphatic hydroxyl groups is 1. The van der Waals surface area contributed by atoms with Gasteiger partial charge in [0.05, 0.1) is 17.2 Å². The molecule has 0 aromatic heterocycles. The summed E-state index contributed by atoms with van der Waals surface area (Å²) in [5.74, 6) is 1.33. The topological polar surface area (TPSA) is 29.5 Å². The SMILES string of the molecule is CCC(O)(Cc1ccc(OC)c(Br)c1)C1CC1. The molecule has 1 N–H and O–H groups in total. The number of methoxy groups -OCH3 is 1. The maximum absolute atomic E-state index is 10.6. The zero-order valence-corrected chi connectivity index (χ0v) is 12.0. The molecule has 1 aliphatic rings. The monoisotopic (exact) mass is 298 g/mol. The van der Waals surface area contributed by atoms with Gasteiger partial charge in [0.25, 0.3) is 0 Å². The van der Waals surface area contributed by atoms with Gasteiger partial charge in [0.15, 0.2) is 0 Å². The van der Waals surface area contributed by atoms with Gasteiger partial charge in [-0.25, -0.2) is 0 Å². The fourth-order valence-electron chi connectivity index (χ4n) is 2.35. The summed E-state index contributed by atoms with van der Waals surface area (Å²) in [6, 6.07) is 6.02. The van der Waals surface area contributed by atoms with Gasteiger partial charge in [-0.05, 0) is 58.8 Å². The highest BCUT2D eigenvalue weighted by molar-refractivity contribution is 9.10. The van der Waals surface area contributed by atoms with E-state index >= 15 is 0 Å². The van der Waals surface area contributed by atoms with Crippen LogP contribution < -0.4 is 4.74 Å². The number of ether oxygens (including phenoxy) is 1. The second-order valence-electron chi connectivity index (χ2n) is 4.88. The second-order valence-corrected chi connectivity index (χ2v) is 5.73. The lowest BCUT2D eigenvalue weighted by Crippen LogP contribution is -2.33. The predicted octanol–water partition coefficient (Wildman–Crippen LogP) is 3.55. The molecular weight excluding hydrogens is 280 g/mol. The minimum absolute atomic E-state index is 0.494. The van der Waals surface area contributed by atoms with Gasteiger partial charge in [0.1, 0.15) is 5.75 Å². The Balaban J connectivity index is 2.15. The normalized spacial score (nSPS) is 18.8. The fourth-order valence-corrected chi connectivity index (χ4v) is 2.94. The van der Waals surface area contributed by atoms with Crippen molar-refractivity contribution >= 4 is 15.9 Å². The largest absolute Gasteiger partial charge is 0.496 e. The maximum atomic E-state index is 10.6. The van der Waals surface area contributed by atoms with Crippen LogP contribution in [-0.4, -0.2) is 17.8 Å². The van der Waals surface area contributed by atoms with E-state index in [2.05, 4.69) is 22.9 Å². The molecule has 0 saturated heterocycles. The van der Waals surface area contributed by atoms with Gasteiger partial charge in [0.2, 0.25) is 0 Å². The standard InChI is InChI=1S/C14H19BrO2/c1-3-14(16,11-5-6-11)9-10-4-7-13(17-2)12(15)8-10/h4,7-8,11,16H,3,5-6,9H2,1-2H3. The molecule has 17 heavy (non-hydrogen) atoms. The van der Waals surface area contributed by atoms with E-state index in [4.69, 9.17) is 4.74 Å². The van der Waals surface area contributed by atoms with Crippen molar-refractivity contribution in [3.63, 3.8) is 0 Å². The lowest BCUT2D eigenvalue weighted by atomic mass is 9.87. The molecule has 1 atom stereocenters. The molecule has 0 bridgehead atoms. The molecule has 1 aromatic rings. The zero-order valence-electron chi connectivity index (χ0n) is 10.4. The quantitative estimate of drug-likeness (QED) is 0.901. The zero-order chi connectivity index (χ0) is 12.5. The molecule has 1 aromatic carbocycles. The van der Waals surface area contributed by atoms with Gasteiger partial charge in [-0.1, -0.05) is 13.0 Å².